The van der Waals surface area contributed by atoms with Crippen molar-refractivity contribution < 1.29 is 31.9 Å². The van der Waals surface area contributed by atoms with Crippen LogP contribution in [0.25, 0.3) is 22.8 Å². The van der Waals surface area contributed by atoms with Crippen molar-refractivity contribution in [2.75, 3.05) is 21.3 Å². The Kier molecular flexibility index (Phi) is 5.48. The fraction of sp³-hybridized carbons (Fsp3) is 0.200. The van der Waals surface area contributed by atoms with E-state index >= 15 is 0 Å². The summed E-state index contributed by atoms with van der Waals surface area (Å²) in [5, 5.41) is 11.6. The predicted molar refractivity (Wildman–Crippen MR) is 102 cm³/mol. The molecule has 4 aromatic rings. The third-order valence-electron chi connectivity index (χ3n) is 4.27. The zero-order valence-electron chi connectivity index (χ0n) is 16.7. The van der Waals surface area contributed by atoms with E-state index in [2.05, 4.69) is 20.3 Å². The van der Waals surface area contributed by atoms with Gasteiger partial charge in [0, 0.05) is 17.2 Å². The maximum absolute atomic E-state index is 13.4. The maximum atomic E-state index is 13.4. The molecule has 0 amide bonds. The number of rotatable bonds is 7. The molecule has 2 aromatic heterocycles. The van der Waals surface area contributed by atoms with Gasteiger partial charge in [0.1, 0.15) is 18.1 Å². The second kappa shape index (κ2) is 8.38. The standard InChI is InChI=1S/C20H16F2N4O5/c1-27-14-6-10(7-15(28-2)18(14)29-3)19-23-16(31-26-19)9-17-24-25-20(30-17)11-4-12(21)8-13(22)5-11/h4-8H,9H2,1-3H3. The van der Waals surface area contributed by atoms with Gasteiger partial charge >= 0.3 is 0 Å². The predicted octanol–water partition coefficient (Wildman–Crippen LogP) is 3.68. The Hall–Kier alpha value is -4.02. The number of hydrogen-bond donors (Lipinski definition) is 0. The van der Waals surface area contributed by atoms with E-state index in [-0.39, 0.29) is 35.5 Å². The molecule has 0 atom stereocenters. The van der Waals surface area contributed by atoms with Gasteiger partial charge in [-0.3, -0.25) is 0 Å². The molecular formula is C20H16F2N4O5. The first kappa shape index (κ1) is 20.3. The first-order valence-electron chi connectivity index (χ1n) is 8.92. The lowest BCUT2D eigenvalue weighted by molar-refractivity contribution is 0.324. The van der Waals surface area contributed by atoms with Crippen LogP contribution < -0.4 is 14.2 Å². The van der Waals surface area contributed by atoms with Crippen molar-refractivity contribution in [3.63, 3.8) is 0 Å². The highest BCUT2D eigenvalue weighted by molar-refractivity contribution is 5.66. The van der Waals surface area contributed by atoms with Gasteiger partial charge in [0.25, 0.3) is 0 Å². The van der Waals surface area contributed by atoms with Gasteiger partial charge in [-0.2, -0.15) is 4.98 Å². The lowest BCUT2D eigenvalue weighted by Crippen LogP contribution is -1.96. The van der Waals surface area contributed by atoms with Gasteiger partial charge in [-0.15, -0.1) is 10.2 Å². The average molecular weight is 430 g/mol. The molecule has 0 N–H and O–H groups in total. The monoisotopic (exact) mass is 430 g/mol. The van der Waals surface area contributed by atoms with Crippen LogP contribution in [0.4, 0.5) is 8.78 Å². The van der Waals surface area contributed by atoms with Crippen molar-refractivity contribution in [2.24, 2.45) is 0 Å². The Morgan fingerprint density at radius 1 is 0.806 bits per heavy atom. The molecule has 0 spiro atoms. The van der Waals surface area contributed by atoms with Crippen molar-refractivity contribution in [2.45, 2.75) is 6.42 Å². The number of ether oxygens (including phenoxy) is 3. The SMILES string of the molecule is COc1cc(-c2noc(Cc3nnc(-c4cc(F)cc(F)c4)o3)n2)cc(OC)c1OC. The average Bonchev–Trinajstić information content (AvgIpc) is 3.42. The van der Waals surface area contributed by atoms with Crippen LogP contribution in [-0.2, 0) is 6.42 Å². The number of nitrogens with zero attached hydrogens (tertiary/aromatic N) is 4. The van der Waals surface area contributed by atoms with Gasteiger partial charge in [-0.05, 0) is 24.3 Å². The van der Waals surface area contributed by atoms with Crippen molar-refractivity contribution in [1.29, 1.82) is 0 Å². The summed E-state index contributed by atoms with van der Waals surface area (Å²) in [7, 11) is 4.50. The highest BCUT2D eigenvalue weighted by Gasteiger charge is 2.19. The molecule has 0 aliphatic heterocycles. The fourth-order valence-electron chi connectivity index (χ4n) is 2.90. The van der Waals surface area contributed by atoms with Gasteiger partial charge in [0.05, 0.1) is 21.3 Å². The summed E-state index contributed by atoms with van der Waals surface area (Å²) in [5.41, 5.74) is 0.700. The van der Waals surface area contributed by atoms with E-state index in [1.807, 2.05) is 0 Å². The van der Waals surface area contributed by atoms with Gasteiger partial charge in [0.2, 0.25) is 29.2 Å². The van der Waals surface area contributed by atoms with Gasteiger partial charge in [-0.1, -0.05) is 5.16 Å². The van der Waals surface area contributed by atoms with Crippen LogP contribution in [-0.4, -0.2) is 41.7 Å². The first-order chi connectivity index (χ1) is 15.0. The molecule has 0 radical (unpaired) electrons. The second-order valence-corrected chi connectivity index (χ2v) is 6.26. The third kappa shape index (κ3) is 4.15. The highest BCUT2D eigenvalue weighted by atomic mass is 19.1. The van der Waals surface area contributed by atoms with Crippen LogP contribution in [0, 0.1) is 11.6 Å². The minimum Gasteiger partial charge on any atom is -0.493 e. The minimum absolute atomic E-state index is 0.0298. The number of halogens is 2. The largest absolute Gasteiger partial charge is 0.493 e. The summed E-state index contributed by atoms with van der Waals surface area (Å²) in [6, 6.07) is 6.30. The zero-order chi connectivity index (χ0) is 22.0. The Bertz CT molecular complexity index is 1180. The third-order valence-corrected chi connectivity index (χ3v) is 4.27. The molecule has 0 saturated carbocycles. The molecule has 9 nitrogen and oxygen atoms in total. The summed E-state index contributed by atoms with van der Waals surface area (Å²) in [4.78, 5) is 4.31. The van der Waals surface area contributed by atoms with Crippen LogP contribution in [0.15, 0.2) is 39.3 Å². The summed E-state index contributed by atoms with van der Waals surface area (Å²) < 4.78 is 53.5. The van der Waals surface area contributed by atoms with E-state index < -0.39 is 11.6 Å². The fourth-order valence-corrected chi connectivity index (χ4v) is 2.90. The number of aromatic nitrogens is 4. The Labute approximate surface area is 174 Å². The normalized spacial score (nSPS) is 10.9. The lowest BCUT2D eigenvalue weighted by Gasteiger charge is -2.12. The van der Waals surface area contributed by atoms with Crippen molar-refractivity contribution in [3.05, 3.63) is 53.7 Å². The molecule has 11 heteroatoms. The topological polar surface area (TPSA) is 106 Å². The first-order valence-corrected chi connectivity index (χ1v) is 8.92. The Balaban J connectivity index is 1.57. The van der Waals surface area contributed by atoms with Crippen LogP contribution in [0.2, 0.25) is 0 Å². The summed E-state index contributed by atoms with van der Waals surface area (Å²) in [6.45, 7) is 0. The maximum Gasteiger partial charge on any atom is 0.247 e. The quantitative estimate of drug-likeness (QED) is 0.434. The molecule has 0 unspecified atom stereocenters. The molecule has 4 rings (SSSR count). The highest BCUT2D eigenvalue weighted by Crippen LogP contribution is 2.40. The van der Waals surface area contributed by atoms with Crippen LogP contribution in [0.5, 0.6) is 17.2 Å². The van der Waals surface area contributed by atoms with E-state index in [9.17, 15) is 8.78 Å². The van der Waals surface area contributed by atoms with E-state index in [1.165, 1.54) is 21.3 Å². The van der Waals surface area contributed by atoms with Crippen LogP contribution in [0.3, 0.4) is 0 Å². The minimum atomic E-state index is -0.748. The van der Waals surface area contributed by atoms with Crippen molar-refractivity contribution >= 4 is 0 Å². The second-order valence-electron chi connectivity index (χ2n) is 6.26. The molecule has 0 bridgehead atoms. The molecule has 0 aliphatic rings. The van der Waals surface area contributed by atoms with Crippen molar-refractivity contribution in [1.82, 2.24) is 20.3 Å². The van der Waals surface area contributed by atoms with Crippen LogP contribution >= 0.6 is 0 Å². The molecule has 0 fully saturated rings. The van der Waals surface area contributed by atoms with E-state index in [0.717, 1.165) is 18.2 Å². The van der Waals surface area contributed by atoms with Crippen LogP contribution in [0.1, 0.15) is 11.8 Å². The molecular weight excluding hydrogens is 414 g/mol. The molecule has 0 saturated heterocycles. The molecule has 2 heterocycles. The van der Waals surface area contributed by atoms with Crippen molar-refractivity contribution in [3.8, 4) is 40.1 Å². The molecule has 31 heavy (non-hydrogen) atoms. The van der Waals surface area contributed by atoms with Gasteiger partial charge in [0.15, 0.2) is 11.5 Å². The smallest absolute Gasteiger partial charge is 0.247 e. The lowest BCUT2D eigenvalue weighted by atomic mass is 10.1. The Morgan fingerprint density at radius 3 is 2.10 bits per heavy atom. The molecule has 2 aromatic carbocycles. The van der Waals surface area contributed by atoms with Gasteiger partial charge in [-0.25, -0.2) is 8.78 Å². The summed E-state index contributed by atoms with van der Waals surface area (Å²) in [5.74, 6) is 0.398. The molecule has 160 valence electrons. The van der Waals surface area contributed by atoms with Gasteiger partial charge < -0.3 is 23.2 Å². The number of benzene rings is 2. The Morgan fingerprint density at radius 2 is 1.48 bits per heavy atom. The van der Waals surface area contributed by atoms with E-state index in [1.54, 1.807) is 12.1 Å². The van der Waals surface area contributed by atoms with E-state index in [0.29, 0.717) is 22.8 Å². The van der Waals surface area contributed by atoms with E-state index in [4.69, 9.17) is 23.2 Å². The summed E-state index contributed by atoms with van der Waals surface area (Å²) in [6.07, 6.45) is 0.0300. The molecule has 0 aliphatic carbocycles. The number of hydrogen-bond acceptors (Lipinski definition) is 9. The number of methoxy groups -OCH3 is 3. The zero-order valence-corrected chi connectivity index (χ0v) is 16.7. The summed E-state index contributed by atoms with van der Waals surface area (Å²) >= 11 is 0.